The molecule has 0 amide bonds. The molecule has 2 aromatic rings. The van der Waals surface area contributed by atoms with Crippen LogP contribution < -0.4 is 11.1 Å². The van der Waals surface area contributed by atoms with Crippen molar-refractivity contribution in [2.45, 2.75) is 6.04 Å². The van der Waals surface area contributed by atoms with Crippen molar-refractivity contribution in [1.82, 2.24) is 0 Å². The van der Waals surface area contributed by atoms with Gasteiger partial charge in [0, 0.05) is 12.2 Å². The first-order valence-electron chi connectivity index (χ1n) is 5.66. The highest BCUT2D eigenvalue weighted by molar-refractivity contribution is 5.45. The van der Waals surface area contributed by atoms with E-state index in [4.69, 9.17) is 5.73 Å². The van der Waals surface area contributed by atoms with E-state index in [1.54, 1.807) is 24.3 Å². The molecule has 0 saturated heterocycles. The molecule has 0 spiro atoms. The molecule has 4 heteroatoms. The van der Waals surface area contributed by atoms with Gasteiger partial charge in [-0.2, -0.15) is 0 Å². The van der Waals surface area contributed by atoms with E-state index >= 15 is 0 Å². The quantitative estimate of drug-likeness (QED) is 0.872. The Morgan fingerprint density at radius 2 is 1.72 bits per heavy atom. The Morgan fingerprint density at radius 3 is 2.33 bits per heavy atom. The third-order valence-electron chi connectivity index (χ3n) is 2.67. The molecule has 2 rings (SSSR count). The molecule has 0 saturated carbocycles. The predicted molar refractivity (Wildman–Crippen MR) is 68.2 cm³/mol. The fourth-order valence-electron chi connectivity index (χ4n) is 1.75. The highest BCUT2D eigenvalue weighted by atomic mass is 19.1. The van der Waals surface area contributed by atoms with Crippen molar-refractivity contribution in [3.8, 4) is 0 Å². The number of nitrogens with two attached hydrogens (primary N) is 1. The first-order valence-corrected chi connectivity index (χ1v) is 5.66. The minimum Gasteiger partial charge on any atom is -0.377 e. The van der Waals surface area contributed by atoms with Crippen LogP contribution in [0.15, 0.2) is 48.5 Å². The second-order valence-corrected chi connectivity index (χ2v) is 3.99. The van der Waals surface area contributed by atoms with E-state index in [2.05, 4.69) is 5.32 Å². The van der Waals surface area contributed by atoms with Crippen molar-refractivity contribution in [1.29, 1.82) is 0 Å². The van der Waals surface area contributed by atoms with Gasteiger partial charge in [0.15, 0.2) is 0 Å². The maximum atomic E-state index is 13.1. The predicted octanol–water partition coefficient (Wildman–Crippen LogP) is 3.08. The zero-order valence-corrected chi connectivity index (χ0v) is 9.74. The number of hydrogen-bond donors (Lipinski definition) is 2. The largest absolute Gasteiger partial charge is 0.377 e. The van der Waals surface area contributed by atoms with Crippen LogP contribution >= 0.6 is 0 Å². The Morgan fingerprint density at radius 1 is 1.00 bits per heavy atom. The van der Waals surface area contributed by atoms with E-state index in [9.17, 15) is 8.78 Å². The van der Waals surface area contributed by atoms with Gasteiger partial charge in [-0.05, 0) is 35.9 Å². The first kappa shape index (κ1) is 12.5. The highest BCUT2D eigenvalue weighted by Gasteiger charge is 2.09. The van der Waals surface area contributed by atoms with Gasteiger partial charge in [-0.15, -0.1) is 0 Å². The first-order chi connectivity index (χ1) is 8.69. The molecule has 0 aliphatic heterocycles. The summed E-state index contributed by atoms with van der Waals surface area (Å²) in [6.07, 6.45) is 0. The van der Waals surface area contributed by atoms with Gasteiger partial charge in [-0.3, -0.25) is 0 Å². The summed E-state index contributed by atoms with van der Waals surface area (Å²) in [6, 6.07) is 12.1. The fourth-order valence-corrected chi connectivity index (χ4v) is 1.75. The van der Waals surface area contributed by atoms with Crippen molar-refractivity contribution in [2.24, 2.45) is 5.73 Å². The summed E-state index contributed by atoms with van der Waals surface area (Å²) in [7, 11) is 0. The standard InChI is InChI=1S/C14H14F2N2/c15-11-6-4-10(5-7-11)14(9-17)18-13-3-1-2-12(16)8-13/h1-8,14,18H,9,17H2. The summed E-state index contributed by atoms with van der Waals surface area (Å²) < 4.78 is 25.9. The Hall–Kier alpha value is -1.94. The van der Waals surface area contributed by atoms with E-state index in [0.29, 0.717) is 12.2 Å². The topological polar surface area (TPSA) is 38.0 Å². The molecule has 0 radical (unpaired) electrons. The molecule has 1 unspecified atom stereocenters. The summed E-state index contributed by atoms with van der Waals surface area (Å²) >= 11 is 0. The lowest BCUT2D eigenvalue weighted by atomic mass is 10.1. The Labute approximate surface area is 104 Å². The summed E-state index contributed by atoms with van der Waals surface area (Å²) in [6.45, 7) is 0.335. The van der Waals surface area contributed by atoms with E-state index in [1.165, 1.54) is 24.3 Å². The molecule has 94 valence electrons. The number of rotatable bonds is 4. The van der Waals surface area contributed by atoms with Gasteiger partial charge in [0.1, 0.15) is 11.6 Å². The van der Waals surface area contributed by atoms with Gasteiger partial charge in [-0.1, -0.05) is 18.2 Å². The molecule has 18 heavy (non-hydrogen) atoms. The van der Waals surface area contributed by atoms with Crippen LogP contribution in [0.4, 0.5) is 14.5 Å². The molecule has 0 bridgehead atoms. The van der Waals surface area contributed by atoms with E-state index < -0.39 is 0 Å². The third-order valence-corrected chi connectivity index (χ3v) is 2.67. The molecule has 1 atom stereocenters. The van der Waals surface area contributed by atoms with Crippen LogP contribution in [0.3, 0.4) is 0 Å². The van der Waals surface area contributed by atoms with Gasteiger partial charge in [-0.25, -0.2) is 8.78 Å². The van der Waals surface area contributed by atoms with Crippen molar-refractivity contribution in [2.75, 3.05) is 11.9 Å². The molecule has 2 aromatic carbocycles. The zero-order chi connectivity index (χ0) is 13.0. The normalized spacial score (nSPS) is 12.2. The van der Waals surface area contributed by atoms with E-state index in [0.717, 1.165) is 5.56 Å². The number of nitrogens with one attached hydrogen (secondary N) is 1. The van der Waals surface area contributed by atoms with Gasteiger partial charge in [0.2, 0.25) is 0 Å². The van der Waals surface area contributed by atoms with Crippen molar-refractivity contribution < 1.29 is 8.78 Å². The molecular weight excluding hydrogens is 234 g/mol. The monoisotopic (exact) mass is 248 g/mol. The van der Waals surface area contributed by atoms with Gasteiger partial charge >= 0.3 is 0 Å². The van der Waals surface area contributed by atoms with Crippen LogP contribution in [0.2, 0.25) is 0 Å². The van der Waals surface area contributed by atoms with Crippen molar-refractivity contribution >= 4 is 5.69 Å². The number of anilines is 1. The molecule has 0 heterocycles. The molecule has 2 nitrogen and oxygen atoms in total. The maximum Gasteiger partial charge on any atom is 0.125 e. The molecule has 0 aliphatic carbocycles. The molecule has 0 aliphatic rings. The average molecular weight is 248 g/mol. The van der Waals surface area contributed by atoms with Gasteiger partial charge in [0.25, 0.3) is 0 Å². The lowest BCUT2D eigenvalue weighted by Crippen LogP contribution is -2.20. The van der Waals surface area contributed by atoms with Crippen LogP contribution in [0.25, 0.3) is 0 Å². The lowest BCUT2D eigenvalue weighted by molar-refractivity contribution is 0.625. The number of hydrogen-bond acceptors (Lipinski definition) is 2. The molecule has 0 aromatic heterocycles. The Balaban J connectivity index is 2.17. The lowest BCUT2D eigenvalue weighted by Gasteiger charge is -2.18. The second kappa shape index (κ2) is 5.60. The van der Waals surface area contributed by atoms with Gasteiger partial charge in [0.05, 0.1) is 6.04 Å². The smallest absolute Gasteiger partial charge is 0.125 e. The maximum absolute atomic E-state index is 13.1. The summed E-state index contributed by atoms with van der Waals surface area (Å²) in [5.74, 6) is -0.602. The van der Waals surface area contributed by atoms with E-state index in [-0.39, 0.29) is 17.7 Å². The summed E-state index contributed by atoms with van der Waals surface area (Å²) in [5, 5.41) is 3.12. The molecule has 3 N–H and O–H groups in total. The van der Waals surface area contributed by atoms with Crippen LogP contribution in [-0.2, 0) is 0 Å². The molecule has 0 fully saturated rings. The zero-order valence-electron chi connectivity index (χ0n) is 9.74. The van der Waals surface area contributed by atoms with Crippen LogP contribution in [-0.4, -0.2) is 6.54 Å². The highest BCUT2D eigenvalue weighted by Crippen LogP contribution is 2.19. The Kier molecular flexibility index (Phi) is 3.89. The average Bonchev–Trinajstić information content (AvgIpc) is 2.37. The van der Waals surface area contributed by atoms with Gasteiger partial charge < -0.3 is 11.1 Å². The number of halogens is 2. The Bertz CT molecular complexity index is 511. The summed E-state index contributed by atoms with van der Waals surface area (Å²) in [4.78, 5) is 0. The van der Waals surface area contributed by atoms with Crippen molar-refractivity contribution in [3.05, 3.63) is 65.7 Å². The minimum atomic E-state index is -0.310. The van der Waals surface area contributed by atoms with Crippen LogP contribution in [0, 0.1) is 11.6 Å². The second-order valence-electron chi connectivity index (χ2n) is 3.99. The SMILES string of the molecule is NCC(Nc1cccc(F)c1)c1ccc(F)cc1. The third kappa shape index (κ3) is 3.05. The number of benzene rings is 2. The molecular formula is C14H14F2N2. The van der Waals surface area contributed by atoms with Crippen LogP contribution in [0.1, 0.15) is 11.6 Å². The van der Waals surface area contributed by atoms with Crippen molar-refractivity contribution in [3.63, 3.8) is 0 Å². The summed E-state index contributed by atoms with van der Waals surface area (Å²) in [5.41, 5.74) is 7.19. The van der Waals surface area contributed by atoms with E-state index in [1.807, 2.05) is 0 Å². The fraction of sp³-hybridized carbons (Fsp3) is 0.143. The van der Waals surface area contributed by atoms with Crippen LogP contribution in [0.5, 0.6) is 0 Å². The minimum absolute atomic E-state index is 0.174.